The summed E-state index contributed by atoms with van der Waals surface area (Å²) in [6.07, 6.45) is 3.67. The number of carbonyl (C=O) groups is 1. The van der Waals surface area contributed by atoms with Gasteiger partial charge in [-0.25, -0.2) is 4.79 Å². The van der Waals surface area contributed by atoms with Gasteiger partial charge in [-0.3, -0.25) is 4.79 Å². The lowest BCUT2D eigenvalue weighted by Gasteiger charge is -2.18. The number of carbonyl (C=O) groups excluding carboxylic acids is 1. The first-order valence-corrected chi connectivity index (χ1v) is 8.04. The second-order valence-corrected chi connectivity index (χ2v) is 5.85. The van der Waals surface area contributed by atoms with Gasteiger partial charge in [0, 0.05) is 31.7 Å². The van der Waals surface area contributed by atoms with Gasteiger partial charge in [0.05, 0.1) is 0 Å². The summed E-state index contributed by atoms with van der Waals surface area (Å²) in [5.74, 6) is 0. The number of thioether (sulfide) groups is 1. The summed E-state index contributed by atoms with van der Waals surface area (Å²) in [5, 5.41) is 2.64. The third-order valence-corrected chi connectivity index (χ3v) is 4.03. The van der Waals surface area contributed by atoms with Crippen molar-refractivity contribution < 1.29 is 4.79 Å². The first kappa shape index (κ1) is 16.2. The summed E-state index contributed by atoms with van der Waals surface area (Å²) >= 11 is 1.68. The molecule has 0 saturated heterocycles. The first-order valence-electron chi connectivity index (χ1n) is 6.82. The number of nitrogens with one attached hydrogen (secondary N) is 1. The highest BCUT2D eigenvalue weighted by atomic mass is 32.2. The largest absolute Gasteiger partial charge is 0.323 e. The molecule has 0 atom stereocenters. The minimum absolute atomic E-state index is 0.228. The molecule has 0 radical (unpaired) electrons. The molecule has 0 aliphatic heterocycles. The number of benzene rings is 1. The van der Waals surface area contributed by atoms with Gasteiger partial charge in [0.2, 0.25) is 0 Å². The van der Waals surface area contributed by atoms with Crippen LogP contribution in [0.25, 0.3) is 0 Å². The van der Waals surface area contributed by atoms with Crippen LogP contribution in [0.3, 0.4) is 0 Å². The Bertz CT molecular complexity index is 710. The Morgan fingerprint density at radius 3 is 2.59 bits per heavy atom. The van der Waals surface area contributed by atoms with Crippen LogP contribution in [0.2, 0.25) is 0 Å². The topological polar surface area (TPSA) is 54.3 Å². The Hall–Kier alpha value is -2.21. The van der Waals surface area contributed by atoms with Crippen LogP contribution in [0.1, 0.15) is 5.56 Å². The van der Waals surface area contributed by atoms with Crippen molar-refractivity contribution in [1.29, 1.82) is 0 Å². The Morgan fingerprint density at radius 1 is 1.27 bits per heavy atom. The fourth-order valence-electron chi connectivity index (χ4n) is 1.98. The highest BCUT2D eigenvalue weighted by Gasteiger charge is 2.11. The van der Waals surface area contributed by atoms with Crippen molar-refractivity contribution in [2.24, 2.45) is 7.05 Å². The number of rotatable bonds is 4. The van der Waals surface area contributed by atoms with Crippen LogP contribution in [-0.2, 0) is 13.6 Å². The van der Waals surface area contributed by atoms with E-state index in [0.717, 1.165) is 5.56 Å². The predicted octanol–water partition coefficient (Wildman–Crippen LogP) is 2.77. The molecule has 1 aromatic carbocycles. The van der Waals surface area contributed by atoms with Gasteiger partial charge in [0.1, 0.15) is 5.69 Å². The summed E-state index contributed by atoms with van der Waals surface area (Å²) in [6, 6.07) is 11.1. The predicted molar refractivity (Wildman–Crippen MR) is 90.4 cm³/mol. The van der Waals surface area contributed by atoms with Crippen molar-refractivity contribution in [2.75, 3.05) is 18.6 Å². The van der Waals surface area contributed by atoms with E-state index in [1.54, 1.807) is 49.1 Å². The van der Waals surface area contributed by atoms with Crippen LogP contribution in [0, 0.1) is 0 Å². The van der Waals surface area contributed by atoms with Gasteiger partial charge >= 0.3 is 6.03 Å². The van der Waals surface area contributed by atoms with E-state index in [2.05, 4.69) is 5.32 Å². The van der Waals surface area contributed by atoms with Crippen molar-refractivity contribution >= 4 is 23.5 Å². The normalized spacial score (nSPS) is 10.3. The highest BCUT2D eigenvalue weighted by molar-refractivity contribution is 7.98. The molecule has 2 amide bonds. The molecule has 0 unspecified atom stereocenters. The lowest BCUT2D eigenvalue weighted by Crippen LogP contribution is -2.33. The lowest BCUT2D eigenvalue weighted by molar-refractivity contribution is 0.220. The number of anilines is 1. The van der Waals surface area contributed by atoms with Gasteiger partial charge < -0.3 is 14.8 Å². The van der Waals surface area contributed by atoms with E-state index in [1.807, 2.05) is 30.5 Å². The van der Waals surface area contributed by atoms with Gasteiger partial charge in [0.25, 0.3) is 5.56 Å². The van der Waals surface area contributed by atoms with Gasteiger partial charge in [-0.15, -0.1) is 11.8 Å². The molecule has 5 nitrogen and oxygen atoms in total. The number of aromatic nitrogens is 1. The monoisotopic (exact) mass is 317 g/mol. The Labute approximate surface area is 133 Å². The standard InChI is InChI=1S/C16H19N3O2S/c1-18-10-4-5-14(15(18)20)17-16(21)19(2)11-12-6-8-13(22-3)9-7-12/h4-10H,11H2,1-3H3,(H,17,21). The molecule has 2 aromatic rings. The molecule has 1 N–H and O–H groups in total. The van der Waals surface area contributed by atoms with E-state index in [9.17, 15) is 9.59 Å². The number of urea groups is 1. The molecule has 22 heavy (non-hydrogen) atoms. The van der Waals surface area contributed by atoms with Crippen molar-refractivity contribution in [3.63, 3.8) is 0 Å². The van der Waals surface area contributed by atoms with E-state index >= 15 is 0 Å². The zero-order valence-electron chi connectivity index (χ0n) is 12.9. The third-order valence-electron chi connectivity index (χ3n) is 3.29. The average molecular weight is 317 g/mol. The fourth-order valence-corrected chi connectivity index (χ4v) is 2.39. The number of amides is 2. The molecule has 116 valence electrons. The number of nitrogens with zero attached hydrogens (tertiary/aromatic N) is 2. The molecular weight excluding hydrogens is 298 g/mol. The molecule has 0 saturated carbocycles. The maximum Gasteiger partial charge on any atom is 0.322 e. The zero-order chi connectivity index (χ0) is 16.1. The number of pyridine rings is 1. The maximum atomic E-state index is 12.2. The lowest BCUT2D eigenvalue weighted by atomic mass is 10.2. The van der Waals surface area contributed by atoms with E-state index < -0.39 is 0 Å². The quantitative estimate of drug-likeness (QED) is 0.882. The maximum absolute atomic E-state index is 12.2. The SMILES string of the molecule is CSc1ccc(CN(C)C(=O)Nc2cccn(C)c2=O)cc1. The van der Waals surface area contributed by atoms with Crippen LogP contribution in [0.4, 0.5) is 10.5 Å². The summed E-state index contributed by atoms with van der Waals surface area (Å²) in [7, 11) is 3.35. The van der Waals surface area contributed by atoms with Gasteiger partial charge in [0.15, 0.2) is 0 Å². The molecule has 0 bridgehead atoms. The molecule has 0 aliphatic carbocycles. The fraction of sp³-hybridized carbons (Fsp3) is 0.250. The summed E-state index contributed by atoms with van der Waals surface area (Å²) < 4.78 is 1.43. The van der Waals surface area contributed by atoms with Crippen LogP contribution >= 0.6 is 11.8 Å². The average Bonchev–Trinajstić information content (AvgIpc) is 2.52. The molecular formula is C16H19N3O2S. The Morgan fingerprint density at radius 2 is 1.95 bits per heavy atom. The van der Waals surface area contributed by atoms with Crippen molar-refractivity contribution in [1.82, 2.24) is 9.47 Å². The number of hydrogen-bond donors (Lipinski definition) is 1. The van der Waals surface area contributed by atoms with Crippen LogP contribution < -0.4 is 10.9 Å². The molecule has 1 aromatic heterocycles. The molecule has 0 fully saturated rings. The second-order valence-electron chi connectivity index (χ2n) is 4.97. The summed E-state index contributed by atoms with van der Waals surface area (Å²) in [6.45, 7) is 0.480. The van der Waals surface area contributed by atoms with Crippen molar-refractivity contribution in [2.45, 2.75) is 11.4 Å². The minimum Gasteiger partial charge on any atom is -0.323 e. The summed E-state index contributed by atoms with van der Waals surface area (Å²) in [4.78, 5) is 26.8. The van der Waals surface area contributed by atoms with Crippen LogP contribution in [0.5, 0.6) is 0 Å². The van der Waals surface area contributed by atoms with Crippen LogP contribution in [0.15, 0.2) is 52.3 Å². The highest BCUT2D eigenvalue weighted by Crippen LogP contribution is 2.15. The van der Waals surface area contributed by atoms with E-state index in [1.165, 1.54) is 9.46 Å². The van der Waals surface area contributed by atoms with E-state index in [4.69, 9.17) is 0 Å². The molecule has 0 spiro atoms. The van der Waals surface area contributed by atoms with Crippen molar-refractivity contribution in [3.8, 4) is 0 Å². The Balaban J connectivity index is 2.02. The minimum atomic E-state index is -0.308. The number of aryl methyl sites for hydroxylation is 1. The summed E-state index contributed by atoms with van der Waals surface area (Å²) in [5.41, 5.74) is 1.09. The second kappa shape index (κ2) is 7.17. The zero-order valence-corrected chi connectivity index (χ0v) is 13.7. The smallest absolute Gasteiger partial charge is 0.322 e. The van der Waals surface area contributed by atoms with Gasteiger partial charge in [-0.2, -0.15) is 0 Å². The van der Waals surface area contributed by atoms with Crippen LogP contribution in [-0.4, -0.2) is 28.8 Å². The van der Waals surface area contributed by atoms with Gasteiger partial charge in [-0.1, -0.05) is 12.1 Å². The van der Waals surface area contributed by atoms with Gasteiger partial charge in [-0.05, 0) is 36.1 Å². The van der Waals surface area contributed by atoms with E-state index in [0.29, 0.717) is 6.54 Å². The third kappa shape index (κ3) is 3.92. The molecule has 1 heterocycles. The van der Waals surface area contributed by atoms with E-state index in [-0.39, 0.29) is 17.3 Å². The molecule has 0 aliphatic rings. The molecule has 6 heteroatoms. The first-order chi connectivity index (χ1) is 10.5. The molecule has 2 rings (SSSR count). The van der Waals surface area contributed by atoms with Crippen molar-refractivity contribution in [3.05, 3.63) is 58.5 Å². The number of hydrogen-bond acceptors (Lipinski definition) is 3. The Kier molecular flexibility index (Phi) is 5.27.